The first-order chi connectivity index (χ1) is 9.12. The zero-order valence-corrected chi connectivity index (χ0v) is 13.2. The first-order valence-electron chi connectivity index (χ1n) is 7.26. The molecule has 0 aromatic rings. The Labute approximate surface area is 123 Å². The van der Waals surface area contributed by atoms with Crippen LogP contribution in [0, 0.1) is 5.41 Å². The summed E-state index contributed by atoms with van der Waals surface area (Å²) in [7, 11) is 0. The summed E-state index contributed by atoms with van der Waals surface area (Å²) in [5.41, 5.74) is 0.197. The van der Waals surface area contributed by atoms with Gasteiger partial charge in [-0.1, -0.05) is 35.7 Å². The Bertz CT molecular complexity index is 353. The number of hydrogen-bond acceptors (Lipinski definition) is 2. The summed E-state index contributed by atoms with van der Waals surface area (Å²) in [5.74, 6) is -0.609. The fourth-order valence-electron chi connectivity index (χ4n) is 3.21. The van der Waals surface area contributed by atoms with E-state index in [0.717, 1.165) is 31.1 Å². The van der Waals surface area contributed by atoms with E-state index in [0.29, 0.717) is 19.6 Å². The number of alkyl halides is 1. The number of rotatable bonds is 5. The summed E-state index contributed by atoms with van der Waals surface area (Å²) in [6.07, 6.45) is 5.71. The molecule has 0 aromatic carbocycles. The minimum absolute atomic E-state index is 0.197. The summed E-state index contributed by atoms with van der Waals surface area (Å²) in [6, 6.07) is 0. The molecule has 1 saturated heterocycles. The van der Waals surface area contributed by atoms with Gasteiger partial charge >= 0.3 is 11.8 Å². The second kappa shape index (κ2) is 6.25. The third-order valence-corrected chi connectivity index (χ3v) is 5.55. The van der Waals surface area contributed by atoms with Crippen LogP contribution in [-0.2, 0) is 9.59 Å². The first-order valence-corrected chi connectivity index (χ1v) is 8.38. The van der Waals surface area contributed by atoms with Crippen molar-refractivity contribution in [3.05, 3.63) is 0 Å². The molecular weight excluding hydrogens is 308 g/mol. The topological polar surface area (TPSA) is 40.6 Å². The molecule has 2 fully saturated rings. The van der Waals surface area contributed by atoms with Crippen LogP contribution in [0.1, 0.15) is 39.0 Å². The molecule has 19 heavy (non-hydrogen) atoms. The SMILES string of the molecule is CCCN1CCN(CC2(CBr)CCCC2)C(=O)C1=O. The average molecular weight is 331 g/mol. The van der Waals surface area contributed by atoms with Crippen LogP contribution >= 0.6 is 15.9 Å². The first kappa shape index (κ1) is 14.8. The van der Waals surface area contributed by atoms with Crippen LogP contribution in [0.2, 0.25) is 0 Å². The molecule has 0 N–H and O–H groups in total. The molecule has 4 nitrogen and oxygen atoms in total. The second-order valence-electron chi connectivity index (χ2n) is 5.86. The molecule has 1 saturated carbocycles. The second-order valence-corrected chi connectivity index (χ2v) is 6.42. The normalized spacial score (nSPS) is 23.3. The van der Waals surface area contributed by atoms with Crippen molar-refractivity contribution in [1.29, 1.82) is 0 Å². The van der Waals surface area contributed by atoms with Crippen LogP contribution in [0.5, 0.6) is 0 Å². The Morgan fingerprint density at radius 3 is 2.26 bits per heavy atom. The van der Waals surface area contributed by atoms with E-state index in [2.05, 4.69) is 15.9 Å². The number of carbonyl (C=O) groups excluding carboxylic acids is 2. The average Bonchev–Trinajstić information content (AvgIpc) is 2.88. The maximum Gasteiger partial charge on any atom is 0.312 e. The molecule has 0 atom stereocenters. The Morgan fingerprint density at radius 1 is 1.11 bits per heavy atom. The highest BCUT2D eigenvalue weighted by Gasteiger charge is 2.39. The molecule has 0 unspecified atom stereocenters. The fraction of sp³-hybridized carbons (Fsp3) is 0.857. The summed E-state index contributed by atoms with van der Waals surface area (Å²) in [4.78, 5) is 27.7. The van der Waals surface area contributed by atoms with Crippen LogP contribution < -0.4 is 0 Å². The van der Waals surface area contributed by atoms with Crippen LogP contribution in [0.25, 0.3) is 0 Å². The van der Waals surface area contributed by atoms with Gasteiger partial charge in [-0.15, -0.1) is 0 Å². The van der Waals surface area contributed by atoms with Crippen LogP contribution in [0.15, 0.2) is 0 Å². The van der Waals surface area contributed by atoms with Crippen LogP contribution in [-0.4, -0.2) is 53.1 Å². The van der Waals surface area contributed by atoms with Crippen molar-refractivity contribution in [1.82, 2.24) is 9.80 Å². The monoisotopic (exact) mass is 330 g/mol. The lowest BCUT2D eigenvalue weighted by Gasteiger charge is -2.39. The molecule has 0 aromatic heterocycles. The van der Waals surface area contributed by atoms with Gasteiger partial charge < -0.3 is 9.80 Å². The summed E-state index contributed by atoms with van der Waals surface area (Å²) in [6.45, 7) is 4.85. The molecule has 0 radical (unpaired) electrons. The van der Waals surface area contributed by atoms with E-state index in [9.17, 15) is 9.59 Å². The van der Waals surface area contributed by atoms with Gasteiger partial charge in [0.25, 0.3) is 0 Å². The number of nitrogens with zero attached hydrogens (tertiary/aromatic N) is 2. The van der Waals surface area contributed by atoms with E-state index in [4.69, 9.17) is 0 Å². The van der Waals surface area contributed by atoms with Gasteiger partial charge in [0, 0.05) is 31.5 Å². The van der Waals surface area contributed by atoms with Crippen molar-refractivity contribution in [3.63, 3.8) is 0 Å². The highest BCUT2D eigenvalue weighted by molar-refractivity contribution is 9.09. The molecule has 1 aliphatic carbocycles. The molecule has 2 rings (SSSR count). The van der Waals surface area contributed by atoms with Gasteiger partial charge in [-0.25, -0.2) is 0 Å². The van der Waals surface area contributed by atoms with Gasteiger partial charge in [-0.3, -0.25) is 9.59 Å². The minimum atomic E-state index is -0.309. The summed E-state index contributed by atoms with van der Waals surface area (Å²) in [5, 5.41) is 0.927. The van der Waals surface area contributed by atoms with E-state index < -0.39 is 0 Å². The Hall–Kier alpha value is -0.580. The maximum atomic E-state index is 12.2. The zero-order valence-electron chi connectivity index (χ0n) is 11.7. The van der Waals surface area contributed by atoms with Gasteiger partial charge in [0.05, 0.1) is 0 Å². The lowest BCUT2D eigenvalue weighted by Crippen LogP contribution is -2.56. The lowest BCUT2D eigenvalue weighted by molar-refractivity contribution is -0.157. The smallest absolute Gasteiger partial charge is 0.312 e. The predicted molar refractivity (Wildman–Crippen MR) is 78.1 cm³/mol. The highest BCUT2D eigenvalue weighted by atomic mass is 79.9. The molecule has 1 aliphatic heterocycles. The molecule has 2 aliphatic rings. The Kier molecular flexibility index (Phi) is 4.87. The standard InChI is InChI=1S/C14H23BrN2O2/c1-2-7-16-8-9-17(13(19)12(16)18)11-14(10-15)5-3-4-6-14/h2-11H2,1H3. The molecule has 0 bridgehead atoms. The predicted octanol–water partition coefficient (Wildman–Crippen LogP) is 2.02. The maximum absolute atomic E-state index is 12.2. The summed E-state index contributed by atoms with van der Waals surface area (Å²) >= 11 is 3.60. The molecule has 0 spiro atoms. The van der Waals surface area contributed by atoms with Crippen molar-refractivity contribution >= 4 is 27.7 Å². The van der Waals surface area contributed by atoms with Crippen LogP contribution in [0.4, 0.5) is 0 Å². The van der Waals surface area contributed by atoms with Crippen molar-refractivity contribution in [2.75, 3.05) is 31.5 Å². The van der Waals surface area contributed by atoms with Crippen molar-refractivity contribution in [2.24, 2.45) is 5.41 Å². The minimum Gasteiger partial charge on any atom is -0.333 e. The quantitative estimate of drug-likeness (QED) is 0.571. The number of halogens is 1. The Balaban J connectivity index is 1.99. The van der Waals surface area contributed by atoms with E-state index in [1.165, 1.54) is 12.8 Å². The number of hydrogen-bond donors (Lipinski definition) is 0. The number of piperazine rings is 1. The highest BCUT2D eigenvalue weighted by Crippen LogP contribution is 2.40. The van der Waals surface area contributed by atoms with E-state index in [1.807, 2.05) is 6.92 Å². The third-order valence-electron chi connectivity index (χ3n) is 4.36. The van der Waals surface area contributed by atoms with Gasteiger partial charge in [0.1, 0.15) is 0 Å². The summed E-state index contributed by atoms with van der Waals surface area (Å²) < 4.78 is 0. The molecule has 5 heteroatoms. The molecule has 1 heterocycles. The largest absolute Gasteiger partial charge is 0.333 e. The van der Waals surface area contributed by atoms with E-state index in [-0.39, 0.29) is 17.2 Å². The number of carbonyl (C=O) groups is 2. The van der Waals surface area contributed by atoms with Crippen molar-refractivity contribution in [2.45, 2.75) is 39.0 Å². The third kappa shape index (κ3) is 3.12. The molecule has 108 valence electrons. The zero-order chi connectivity index (χ0) is 13.9. The van der Waals surface area contributed by atoms with Crippen molar-refractivity contribution < 1.29 is 9.59 Å². The molecule has 2 amide bonds. The van der Waals surface area contributed by atoms with Crippen LogP contribution in [0.3, 0.4) is 0 Å². The van der Waals surface area contributed by atoms with E-state index >= 15 is 0 Å². The van der Waals surface area contributed by atoms with Gasteiger partial charge in [-0.2, -0.15) is 0 Å². The van der Waals surface area contributed by atoms with Crippen molar-refractivity contribution in [3.8, 4) is 0 Å². The fourth-order valence-corrected chi connectivity index (χ4v) is 3.95. The number of amides is 2. The Morgan fingerprint density at radius 2 is 1.68 bits per heavy atom. The van der Waals surface area contributed by atoms with Gasteiger partial charge in [0.2, 0.25) is 0 Å². The lowest BCUT2D eigenvalue weighted by atomic mass is 9.88. The van der Waals surface area contributed by atoms with Gasteiger partial charge in [0.15, 0.2) is 0 Å². The van der Waals surface area contributed by atoms with E-state index in [1.54, 1.807) is 9.80 Å². The van der Waals surface area contributed by atoms with Gasteiger partial charge in [-0.05, 0) is 24.7 Å². The molecular formula is C14H23BrN2O2.